The zero-order valence-corrected chi connectivity index (χ0v) is 9.25. The van der Waals surface area contributed by atoms with E-state index in [2.05, 4.69) is 0 Å². The molecule has 1 aliphatic heterocycles. The van der Waals surface area contributed by atoms with Crippen molar-refractivity contribution < 1.29 is 9.59 Å². The normalized spacial score (nSPS) is 21.3. The zero-order valence-electron chi connectivity index (χ0n) is 9.25. The van der Waals surface area contributed by atoms with E-state index in [1.165, 1.54) is 4.90 Å². The molecular formula is C11H19NO2. The Morgan fingerprint density at radius 2 is 2.21 bits per heavy atom. The van der Waals surface area contributed by atoms with Gasteiger partial charge in [0.1, 0.15) is 0 Å². The van der Waals surface area contributed by atoms with Crippen molar-refractivity contribution >= 4 is 11.8 Å². The standard InChI is InChI=1S/C11H19NO2/c1-4-5-6-10(13)12-7-9(8(2)3)11(12)14/h8-9H,4-7H2,1-3H3/t9-/m0/s1. The molecule has 1 saturated heterocycles. The van der Waals surface area contributed by atoms with Crippen molar-refractivity contribution in [2.45, 2.75) is 40.0 Å². The van der Waals surface area contributed by atoms with Crippen LogP contribution in [0.2, 0.25) is 0 Å². The summed E-state index contributed by atoms with van der Waals surface area (Å²) in [5.74, 6) is 0.480. The van der Waals surface area contributed by atoms with Crippen molar-refractivity contribution in [3.05, 3.63) is 0 Å². The first kappa shape index (κ1) is 11.2. The monoisotopic (exact) mass is 197 g/mol. The molecule has 0 aliphatic carbocycles. The minimum atomic E-state index is 0.00810. The van der Waals surface area contributed by atoms with E-state index in [-0.39, 0.29) is 17.7 Å². The summed E-state index contributed by atoms with van der Waals surface area (Å²) in [6.07, 6.45) is 2.41. The third kappa shape index (κ3) is 2.14. The van der Waals surface area contributed by atoms with E-state index >= 15 is 0 Å². The number of likely N-dealkylation sites (tertiary alicyclic amines) is 1. The number of imide groups is 1. The van der Waals surface area contributed by atoms with Crippen molar-refractivity contribution in [1.82, 2.24) is 4.90 Å². The predicted molar refractivity (Wildman–Crippen MR) is 54.6 cm³/mol. The lowest BCUT2D eigenvalue weighted by molar-refractivity contribution is -0.160. The van der Waals surface area contributed by atoms with Crippen LogP contribution in [0.25, 0.3) is 0 Å². The Labute approximate surface area is 85.5 Å². The highest BCUT2D eigenvalue weighted by molar-refractivity contribution is 6.00. The van der Waals surface area contributed by atoms with E-state index in [4.69, 9.17) is 0 Å². The number of carbonyl (C=O) groups is 2. The number of nitrogens with zero attached hydrogens (tertiary/aromatic N) is 1. The van der Waals surface area contributed by atoms with E-state index in [1.54, 1.807) is 0 Å². The molecule has 3 nitrogen and oxygen atoms in total. The van der Waals surface area contributed by atoms with E-state index in [1.807, 2.05) is 20.8 Å². The maximum absolute atomic E-state index is 11.5. The fraction of sp³-hybridized carbons (Fsp3) is 0.818. The first-order chi connectivity index (χ1) is 6.57. The van der Waals surface area contributed by atoms with Gasteiger partial charge in [-0.1, -0.05) is 27.2 Å². The first-order valence-corrected chi connectivity index (χ1v) is 5.42. The molecule has 0 radical (unpaired) electrons. The molecule has 0 aromatic heterocycles. The summed E-state index contributed by atoms with van der Waals surface area (Å²) in [5, 5.41) is 0. The van der Waals surface area contributed by atoms with Crippen molar-refractivity contribution in [3.8, 4) is 0 Å². The first-order valence-electron chi connectivity index (χ1n) is 5.42. The SMILES string of the molecule is CCCCC(=O)N1C[C@@H](C(C)C)C1=O. The highest BCUT2D eigenvalue weighted by Gasteiger charge is 2.41. The van der Waals surface area contributed by atoms with Gasteiger partial charge in [-0.2, -0.15) is 0 Å². The summed E-state index contributed by atoms with van der Waals surface area (Å²) in [7, 11) is 0. The second-order valence-corrected chi connectivity index (χ2v) is 4.30. The molecule has 0 aromatic carbocycles. The van der Waals surface area contributed by atoms with Gasteiger partial charge in [0.25, 0.3) is 0 Å². The van der Waals surface area contributed by atoms with Gasteiger partial charge >= 0.3 is 0 Å². The molecule has 1 atom stereocenters. The van der Waals surface area contributed by atoms with Gasteiger partial charge in [-0.05, 0) is 12.3 Å². The van der Waals surface area contributed by atoms with Crippen LogP contribution in [0.4, 0.5) is 0 Å². The van der Waals surface area contributed by atoms with Crippen molar-refractivity contribution in [2.75, 3.05) is 6.54 Å². The van der Waals surface area contributed by atoms with Gasteiger partial charge in [0.05, 0.1) is 5.92 Å². The maximum atomic E-state index is 11.5. The Morgan fingerprint density at radius 3 is 2.64 bits per heavy atom. The third-order valence-corrected chi connectivity index (χ3v) is 2.81. The van der Waals surface area contributed by atoms with Gasteiger partial charge in [-0.25, -0.2) is 0 Å². The van der Waals surface area contributed by atoms with Crippen LogP contribution in [0.15, 0.2) is 0 Å². The van der Waals surface area contributed by atoms with E-state index < -0.39 is 0 Å². The van der Waals surface area contributed by atoms with Crippen LogP contribution in [0, 0.1) is 11.8 Å². The molecule has 14 heavy (non-hydrogen) atoms. The summed E-state index contributed by atoms with van der Waals surface area (Å²) in [4.78, 5) is 24.4. The van der Waals surface area contributed by atoms with Crippen LogP contribution in [0.3, 0.4) is 0 Å². The molecule has 0 bridgehead atoms. The van der Waals surface area contributed by atoms with Crippen LogP contribution < -0.4 is 0 Å². The largest absolute Gasteiger partial charge is 0.282 e. The van der Waals surface area contributed by atoms with Gasteiger partial charge in [0.2, 0.25) is 11.8 Å². The lowest BCUT2D eigenvalue weighted by Gasteiger charge is -2.39. The van der Waals surface area contributed by atoms with Gasteiger partial charge in [0, 0.05) is 13.0 Å². The molecule has 0 N–H and O–H groups in total. The Morgan fingerprint density at radius 1 is 1.57 bits per heavy atom. The van der Waals surface area contributed by atoms with E-state index in [9.17, 15) is 9.59 Å². The molecule has 0 aromatic rings. The molecule has 1 rings (SSSR count). The molecule has 1 heterocycles. The van der Waals surface area contributed by atoms with Crippen LogP contribution in [0.1, 0.15) is 40.0 Å². The highest BCUT2D eigenvalue weighted by Crippen LogP contribution is 2.25. The molecule has 0 unspecified atom stereocenters. The third-order valence-electron chi connectivity index (χ3n) is 2.81. The number of hydrogen-bond acceptors (Lipinski definition) is 2. The van der Waals surface area contributed by atoms with Gasteiger partial charge in [-0.15, -0.1) is 0 Å². The molecule has 1 aliphatic rings. The molecule has 2 amide bonds. The molecule has 80 valence electrons. The summed E-state index contributed by atoms with van der Waals surface area (Å²) >= 11 is 0. The lowest BCUT2D eigenvalue weighted by atomic mass is 9.87. The minimum absolute atomic E-state index is 0.00810. The van der Waals surface area contributed by atoms with Crippen LogP contribution in [0.5, 0.6) is 0 Å². The predicted octanol–water partition coefficient (Wildman–Crippen LogP) is 1.82. The number of carbonyl (C=O) groups excluding carboxylic acids is 2. The fourth-order valence-electron chi connectivity index (χ4n) is 1.64. The molecule has 0 saturated carbocycles. The molecule has 0 spiro atoms. The average molecular weight is 197 g/mol. The zero-order chi connectivity index (χ0) is 10.7. The Hall–Kier alpha value is -0.860. The summed E-state index contributed by atoms with van der Waals surface area (Å²) in [6.45, 7) is 6.73. The van der Waals surface area contributed by atoms with Crippen LogP contribution in [-0.2, 0) is 9.59 Å². The fourth-order valence-corrected chi connectivity index (χ4v) is 1.64. The van der Waals surface area contributed by atoms with Crippen molar-refractivity contribution in [1.29, 1.82) is 0 Å². The minimum Gasteiger partial charge on any atom is -0.282 e. The summed E-state index contributed by atoms with van der Waals surface area (Å²) in [5.41, 5.74) is 0. The number of unbranched alkanes of at least 4 members (excludes halogenated alkanes) is 1. The second-order valence-electron chi connectivity index (χ2n) is 4.30. The lowest BCUT2D eigenvalue weighted by Crippen LogP contribution is -2.56. The van der Waals surface area contributed by atoms with Crippen LogP contribution >= 0.6 is 0 Å². The van der Waals surface area contributed by atoms with Gasteiger partial charge < -0.3 is 0 Å². The summed E-state index contributed by atoms with van der Waals surface area (Å²) < 4.78 is 0. The van der Waals surface area contributed by atoms with Gasteiger partial charge in [0.15, 0.2) is 0 Å². The number of rotatable bonds is 4. The van der Waals surface area contributed by atoms with E-state index in [0.29, 0.717) is 18.9 Å². The Bertz CT molecular complexity index is 235. The van der Waals surface area contributed by atoms with Crippen molar-refractivity contribution in [2.24, 2.45) is 11.8 Å². The highest BCUT2D eigenvalue weighted by atomic mass is 16.2. The number of amides is 2. The van der Waals surface area contributed by atoms with Gasteiger partial charge in [-0.3, -0.25) is 14.5 Å². The van der Waals surface area contributed by atoms with Crippen molar-refractivity contribution in [3.63, 3.8) is 0 Å². The average Bonchev–Trinajstić information content (AvgIpc) is 2.11. The Balaban J connectivity index is 2.36. The van der Waals surface area contributed by atoms with E-state index in [0.717, 1.165) is 12.8 Å². The smallest absolute Gasteiger partial charge is 0.234 e. The molecule has 3 heteroatoms. The number of hydrogen-bond donors (Lipinski definition) is 0. The molecular weight excluding hydrogens is 178 g/mol. The topological polar surface area (TPSA) is 37.4 Å². The number of β-lactam (4-membered cyclic amide) rings is 1. The van der Waals surface area contributed by atoms with Crippen LogP contribution in [-0.4, -0.2) is 23.3 Å². The second kappa shape index (κ2) is 4.58. The summed E-state index contributed by atoms with van der Waals surface area (Å²) in [6, 6.07) is 0. The molecule has 1 fully saturated rings. The quantitative estimate of drug-likeness (QED) is 0.645. The Kier molecular flexibility index (Phi) is 3.67. The maximum Gasteiger partial charge on any atom is 0.234 e.